The number of carbonyl (C=O) groups excluding carboxylic acids is 2. The molecule has 0 spiro atoms. The summed E-state index contributed by atoms with van der Waals surface area (Å²) in [5.41, 5.74) is 4.53. The van der Waals surface area contributed by atoms with Crippen molar-refractivity contribution in [2.45, 2.75) is 44.9 Å². The minimum atomic E-state index is -0.180. The summed E-state index contributed by atoms with van der Waals surface area (Å²) in [6.45, 7) is 2.11. The second-order valence-corrected chi connectivity index (χ2v) is 8.13. The first kappa shape index (κ1) is 19.2. The Kier molecular flexibility index (Phi) is 5.31. The predicted octanol–water partition coefficient (Wildman–Crippen LogP) is 6.08. The van der Waals surface area contributed by atoms with Gasteiger partial charge in [-0.3, -0.25) is 14.5 Å². The Bertz CT molecular complexity index is 979. The lowest BCUT2D eigenvalue weighted by atomic mass is 9.77. The Balaban J connectivity index is 1.82. The molecule has 1 atom stereocenters. The summed E-state index contributed by atoms with van der Waals surface area (Å²) >= 11 is 12.2. The molecule has 144 valence electrons. The first-order valence-electron chi connectivity index (χ1n) is 9.62. The van der Waals surface area contributed by atoms with Crippen molar-refractivity contribution in [3.05, 3.63) is 74.9 Å². The number of hydrogen-bond acceptors (Lipinski definition) is 2. The highest BCUT2D eigenvalue weighted by Crippen LogP contribution is 2.44. The van der Waals surface area contributed by atoms with Crippen LogP contribution in [0.4, 0.5) is 5.69 Å². The minimum Gasteiger partial charge on any atom is -0.294 e. The van der Waals surface area contributed by atoms with Crippen LogP contribution in [0.2, 0.25) is 10.0 Å². The van der Waals surface area contributed by atoms with Crippen LogP contribution in [0.5, 0.6) is 0 Å². The fraction of sp³-hybridized carbons (Fsp3) is 0.304. The van der Waals surface area contributed by atoms with Gasteiger partial charge >= 0.3 is 0 Å². The Morgan fingerprint density at radius 1 is 1.00 bits per heavy atom. The molecule has 0 N–H and O–H groups in total. The summed E-state index contributed by atoms with van der Waals surface area (Å²) in [6, 6.07) is 13.4. The fourth-order valence-corrected chi connectivity index (χ4v) is 4.48. The average Bonchev–Trinajstić information content (AvgIpc) is 2.70. The first-order valence-corrected chi connectivity index (χ1v) is 10.4. The summed E-state index contributed by atoms with van der Waals surface area (Å²) in [6.07, 6.45) is 3.23. The zero-order chi connectivity index (χ0) is 19.8. The van der Waals surface area contributed by atoms with Crippen molar-refractivity contribution in [3.8, 4) is 0 Å². The lowest BCUT2D eigenvalue weighted by Gasteiger charge is -2.38. The summed E-state index contributed by atoms with van der Waals surface area (Å²) < 4.78 is 0. The largest absolute Gasteiger partial charge is 0.294 e. The number of aryl methyl sites for hydroxylation is 1. The quantitative estimate of drug-likeness (QED) is 0.610. The summed E-state index contributed by atoms with van der Waals surface area (Å²) in [5, 5.41) is 0.839. The standard InChI is InChI=1S/C23H21Cl2NO2/c1-2-14-6-8-15(9-7-14)17-13-22(28)26(16-10-11-18(24)19(25)12-16)20-4-3-5-21(27)23(17)20/h6-12,17H,2-5,13H2,1H3. The van der Waals surface area contributed by atoms with Crippen LogP contribution in [0, 0.1) is 0 Å². The molecule has 1 amide bonds. The second-order valence-electron chi connectivity index (χ2n) is 7.32. The van der Waals surface area contributed by atoms with Crippen LogP contribution < -0.4 is 4.90 Å². The number of carbonyl (C=O) groups is 2. The van der Waals surface area contributed by atoms with E-state index in [0.29, 0.717) is 28.6 Å². The molecular formula is C23H21Cl2NO2. The van der Waals surface area contributed by atoms with Crippen molar-refractivity contribution in [1.82, 2.24) is 0 Å². The number of halogens is 2. The second kappa shape index (κ2) is 7.73. The first-order chi connectivity index (χ1) is 13.5. The van der Waals surface area contributed by atoms with Crippen LogP contribution in [0.25, 0.3) is 0 Å². The molecule has 28 heavy (non-hydrogen) atoms. The molecule has 0 radical (unpaired) electrons. The predicted molar refractivity (Wildman–Crippen MR) is 113 cm³/mol. The molecule has 1 aliphatic heterocycles. The molecule has 0 fully saturated rings. The van der Waals surface area contributed by atoms with Crippen LogP contribution in [0.1, 0.15) is 49.7 Å². The van der Waals surface area contributed by atoms with Gasteiger partial charge in [-0.1, -0.05) is 54.4 Å². The highest BCUT2D eigenvalue weighted by Gasteiger charge is 2.39. The minimum absolute atomic E-state index is 0.0172. The number of Topliss-reactive ketones (excluding diaryl/α,β-unsaturated/α-hetero) is 1. The lowest BCUT2D eigenvalue weighted by molar-refractivity contribution is -0.119. The maximum absolute atomic E-state index is 13.2. The smallest absolute Gasteiger partial charge is 0.232 e. The van der Waals surface area contributed by atoms with E-state index in [9.17, 15) is 9.59 Å². The molecule has 2 aromatic rings. The van der Waals surface area contributed by atoms with Crippen LogP contribution in [-0.2, 0) is 16.0 Å². The number of nitrogens with zero attached hydrogens (tertiary/aromatic N) is 1. The SMILES string of the molecule is CCc1ccc(C2CC(=O)N(c3ccc(Cl)c(Cl)c3)C3=C2C(=O)CCC3)cc1. The molecule has 0 saturated carbocycles. The maximum atomic E-state index is 13.2. The molecular weight excluding hydrogens is 393 g/mol. The van der Waals surface area contributed by atoms with Gasteiger partial charge in [-0.05, 0) is 48.6 Å². The van der Waals surface area contributed by atoms with E-state index < -0.39 is 0 Å². The third-order valence-electron chi connectivity index (χ3n) is 5.63. The molecule has 0 aromatic heterocycles. The maximum Gasteiger partial charge on any atom is 0.232 e. The third kappa shape index (κ3) is 3.38. The van der Waals surface area contributed by atoms with Crippen molar-refractivity contribution in [3.63, 3.8) is 0 Å². The van der Waals surface area contributed by atoms with E-state index in [0.717, 1.165) is 29.7 Å². The van der Waals surface area contributed by atoms with Crippen molar-refractivity contribution >= 4 is 40.6 Å². The Hall–Kier alpha value is -2.10. The number of ketones is 1. The van der Waals surface area contributed by atoms with Gasteiger partial charge in [0.1, 0.15) is 0 Å². The van der Waals surface area contributed by atoms with Gasteiger partial charge in [0.05, 0.1) is 15.7 Å². The number of anilines is 1. The van der Waals surface area contributed by atoms with E-state index in [2.05, 4.69) is 31.2 Å². The average molecular weight is 414 g/mol. The van der Waals surface area contributed by atoms with Gasteiger partial charge in [0.25, 0.3) is 0 Å². The molecule has 3 nitrogen and oxygen atoms in total. The van der Waals surface area contributed by atoms with Crippen LogP contribution >= 0.6 is 23.2 Å². The van der Waals surface area contributed by atoms with Gasteiger partial charge in [-0.25, -0.2) is 0 Å². The number of amides is 1. The highest BCUT2D eigenvalue weighted by molar-refractivity contribution is 6.42. The zero-order valence-corrected chi connectivity index (χ0v) is 17.2. The van der Waals surface area contributed by atoms with E-state index in [-0.39, 0.29) is 24.0 Å². The number of allylic oxidation sites excluding steroid dienone is 2. The van der Waals surface area contributed by atoms with Crippen molar-refractivity contribution in [2.24, 2.45) is 0 Å². The number of hydrogen-bond donors (Lipinski definition) is 0. The van der Waals surface area contributed by atoms with Gasteiger partial charge in [-0.15, -0.1) is 0 Å². The Morgan fingerprint density at radius 2 is 1.75 bits per heavy atom. The van der Waals surface area contributed by atoms with Crippen molar-refractivity contribution < 1.29 is 9.59 Å². The van der Waals surface area contributed by atoms with Crippen LogP contribution in [-0.4, -0.2) is 11.7 Å². The normalized spacial score (nSPS) is 19.8. The molecule has 0 saturated heterocycles. The summed E-state index contributed by atoms with van der Waals surface area (Å²) in [4.78, 5) is 27.7. The third-order valence-corrected chi connectivity index (χ3v) is 6.37. The van der Waals surface area contributed by atoms with E-state index in [4.69, 9.17) is 23.2 Å². The van der Waals surface area contributed by atoms with E-state index in [1.54, 1.807) is 23.1 Å². The lowest BCUT2D eigenvalue weighted by Crippen LogP contribution is -2.40. The highest BCUT2D eigenvalue weighted by atomic mass is 35.5. The van der Waals surface area contributed by atoms with Gasteiger partial charge < -0.3 is 0 Å². The topological polar surface area (TPSA) is 37.4 Å². The Labute approximate surface area is 174 Å². The van der Waals surface area contributed by atoms with Gasteiger partial charge in [0.2, 0.25) is 5.91 Å². The van der Waals surface area contributed by atoms with Crippen LogP contribution in [0.3, 0.4) is 0 Å². The van der Waals surface area contributed by atoms with E-state index in [1.807, 2.05) is 0 Å². The number of rotatable bonds is 3. The molecule has 1 heterocycles. The van der Waals surface area contributed by atoms with E-state index >= 15 is 0 Å². The molecule has 1 unspecified atom stereocenters. The van der Waals surface area contributed by atoms with Crippen molar-refractivity contribution in [2.75, 3.05) is 4.90 Å². The molecule has 2 aliphatic rings. The van der Waals surface area contributed by atoms with Gasteiger partial charge in [-0.2, -0.15) is 0 Å². The van der Waals surface area contributed by atoms with E-state index in [1.165, 1.54) is 5.56 Å². The number of benzene rings is 2. The molecule has 1 aliphatic carbocycles. The zero-order valence-electron chi connectivity index (χ0n) is 15.7. The molecule has 5 heteroatoms. The van der Waals surface area contributed by atoms with Crippen LogP contribution in [0.15, 0.2) is 53.7 Å². The van der Waals surface area contributed by atoms with Gasteiger partial charge in [0, 0.05) is 30.0 Å². The monoisotopic (exact) mass is 413 g/mol. The Morgan fingerprint density at radius 3 is 2.43 bits per heavy atom. The summed E-state index contributed by atoms with van der Waals surface area (Å²) in [5.74, 6) is -0.0555. The van der Waals surface area contributed by atoms with Crippen molar-refractivity contribution in [1.29, 1.82) is 0 Å². The molecule has 0 bridgehead atoms. The van der Waals surface area contributed by atoms with Gasteiger partial charge in [0.15, 0.2) is 5.78 Å². The summed E-state index contributed by atoms with van der Waals surface area (Å²) in [7, 11) is 0. The fourth-order valence-electron chi connectivity index (χ4n) is 4.19. The molecule has 2 aromatic carbocycles. The molecule has 4 rings (SSSR count).